The number of rotatable bonds is 14. The number of allylic oxidation sites excluding steroid dienone is 5. The van der Waals surface area contributed by atoms with E-state index in [-0.39, 0.29) is 23.8 Å². The zero-order valence-corrected chi connectivity index (χ0v) is 22.2. The van der Waals surface area contributed by atoms with Gasteiger partial charge in [0.1, 0.15) is 0 Å². The molecule has 194 valence electrons. The standard InChI is InChI=1S/C16H30ClN3.C10H14F2N2/c1-5-20(12-10-15(3)18)13-19-16(4)14(2)9-7-6-8-11-17;1-7(13-2)14-9-5-3-8(4-6-9)10(11)12/h8-9,11,15H,5-7,10,12-13,18H2,1-4H3;3-5,7,9-10,14H,2,6H2,1H3/b11-8+,14-9+,19-16+;. The summed E-state index contributed by atoms with van der Waals surface area (Å²) < 4.78 is 24.4. The lowest BCUT2D eigenvalue weighted by atomic mass is 10.0. The van der Waals surface area contributed by atoms with E-state index < -0.39 is 6.43 Å². The molecular formula is C26H44ClF2N5. The molecule has 0 radical (unpaired) electrons. The highest BCUT2D eigenvalue weighted by Gasteiger charge is 2.15. The fraction of sp³-hybridized carbons (Fsp3) is 0.615. The van der Waals surface area contributed by atoms with Crippen molar-refractivity contribution < 1.29 is 8.78 Å². The molecule has 3 atom stereocenters. The summed E-state index contributed by atoms with van der Waals surface area (Å²) in [6, 6.07) is 0.337. The molecule has 0 spiro atoms. The van der Waals surface area contributed by atoms with Crippen LogP contribution in [0.25, 0.3) is 0 Å². The van der Waals surface area contributed by atoms with E-state index >= 15 is 0 Å². The summed E-state index contributed by atoms with van der Waals surface area (Å²) in [5.41, 5.74) is 9.82. The van der Waals surface area contributed by atoms with E-state index in [4.69, 9.17) is 17.3 Å². The predicted molar refractivity (Wildman–Crippen MR) is 145 cm³/mol. The van der Waals surface area contributed by atoms with Gasteiger partial charge in [-0.3, -0.25) is 20.2 Å². The van der Waals surface area contributed by atoms with Crippen molar-refractivity contribution >= 4 is 24.0 Å². The van der Waals surface area contributed by atoms with Crippen molar-refractivity contribution in [3.8, 4) is 0 Å². The maximum atomic E-state index is 12.2. The van der Waals surface area contributed by atoms with Gasteiger partial charge in [-0.1, -0.05) is 48.9 Å². The van der Waals surface area contributed by atoms with Crippen molar-refractivity contribution in [1.82, 2.24) is 10.2 Å². The first-order valence-electron chi connectivity index (χ1n) is 11.9. The third kappa shape index (κ3) is 16.0. The first kappa shape index (κ1) is 32.3. The second-order valence-corrected chi connectivity index (χ2v) is 8.67. The molecule has 1 aliphatic rings. The largest absolute Gasteiger partial charge is 0.328 e. The third-order valence-electron chi connectivity index (χ3n) is 5.41. The van der Waals surface area contributed by atoms with Crippen LogP contribution in [-0.4, -0.2) is 61.8 Å². The van der Waals surface area contributed by atoms with Gasteiger partial charge in [-0.15, -0.1) is 0 Å². The normalized spacial score (nSPS) is 18.7. The smallest absolute Gasteiger partial charge is 0.263 e. The summed E-state index contributed by atoms with van der Waals surface area (Å²) in [6.45, 7) is 16.4. The van der Waals surface area contributed by atoms with Gasteiger partial charge in [0.2, 0.25) is 0 Å². The van der Waals surface area contributed by atoms with Gasteiger partial charge in [0.25, 0.3) is 6.43 Å². The van der Waals surface area contributed by atoms with Crippen molar-refractivity contribution in [3.63, 3.8) is 0 Å². The van der Waals surface area contributed by atoms with Crippen LogP contribution in [0.4, 0.5) is 8.78 Å². The number of hydrogen-bond donors (Lipinski definition) is 2. The average molecular weight is 500 g/mol. The lowest BCUT2D eigenvalue weighted by Gasteiger charge is -2.19. The number of aliphatic imine (C=N–C) groups is 2. The van der Waals surface area contributed by atoms with Crippen LogP contribution in [0, 0.1) is 0 Å². The van der Waals surface area contributed by atoms with Gasteiger partial charge in [0.05, 0.1) is 12.8 Å². The molecule has 8 heteroatoms. The summed E-state index contributed by atoms with van der Waals surface area (Å²) >= 11 is 5.49. The molecule has 0 saturated heterocycles. The summed E-state index contributed by atoms with van der Waals surface area (Å²) in [6.07, 6.45) is 10.1. The van der Waals surface area contributed by atoms with E-state index in [1.54, 1.807) is 17.7 Å². The topological polar surface area (TPSA) is 66.0 Å². The second-order valence-electron chi connectivity index (χ2n) is 8.42. The Kier molecular flexibility index (Phi) is 18.7. The number of nitrogens with zero attached hydrogens (tertiary/aromatic N) is 3. The number of nitrogens with one attached hydrogen (secondary N) is 1. The average Bonchev–Trinajstić information content (AvgIpc) is 2.82. The predicted octanol–water partition coefficient (Wildman–Crippen LogP) is 6.09. The van der Waals surface area contributed by atoms with Gasteiger partial charge in [-0.25, -0.2) is 8.78 Å². The van der Waals surface area contributed by atoms with Gasteiger partial charge < -0.3 is 5.73 Å². The quantitative estimate of drug-likeness (QED) is 0.224. The Morgan fingerprint density at radius 2 is 2.06 bits per heavy atom. The van der Waals surface area contributed by atoms with Crippen LogP contribution in [0.1, 0.15) is 60.3 Å². The molecule has 0 saturated carbocycles. The molecule has 0 bridgehead atoms. The highest BCUT2D eigenvalue weighted by molar-refractivity contribution is 6.25. The fourth-order valence-corrected chi connectivity index (χ4v) is 3.06. The van der Waals surface area contributed by atoms with Crippen molar-refractivity contribution in [2.24, 2.45) is 15.7 Å². The van der Waals surface area contributed by atoms with E-state index in [1.165, 1.54) is 11.6 Å². The van der Waals surface area contributed by atoms with Crippen LogP contribution < -0.4 is 11.1 Å². The second kappa shape index (κ2) is 19.6. The Labute approximate surface area is 210 Å². The van der Waals surface area contributed by atoms with Gasteiger partial charge in [-0.05, 0) is 72.2 Å². The van der Waals surface area contributed by atoms with Crippen LogP contribution in [0.3, 0.4) is 0 Å². The number of unbranched alkanes of at least 4 members (excludes halogenated alkanes) is 1. The Morgan fingerprint density at radius 3 is 2.56 bits per heavy atom. The van der Waals surface area contributed by atoms with Crippen LogP contribution >= 0.6 is 11.6 Å². The molecule has 1 rings (SSSR count). The first-order valence-corrected chi connectivity index (χ1v) is 12.4. The zero-order chi connectivity index (χ0) is 25.9. The number of hydrogen-bond acceptors (Lipinski definition) is 5. The summed E-state index contributed by atoms with van der Waals surface area (Å²) in [5, 5.41) is 3.12. The molecule has 34 heavy (non-hydrogen) atoms. The lowest BCUT2D eigenvalue weighted by Crippen LogP contribution is -2.34. The molecule has 0 aromatic rings. The number of nitrogens with two attached hydrogens (primary N) is 1. The van der Waals surface area contributed by atoms with Crippen molar-refractivity contribution in [2.75, 3.05) is 19.8 Å². The minimum atomic E-state index is -2.37. The van der Waals surface area contributed by atoms with Crippen molar-refractivity contribution in [1.29, 1.82) is 0 Å². The van der Waals surface area contributed by atoms with Gasteiger partial charge in [-0.2, -0.15) is 0 Å². The number of alkyl halides is 2. The minimum absolute atomic E-state index is 0.0499. The molecule has 5 nitrogen and oxygen atoms in total. The maximum Gasteiger partial charge on any atom is 0.263 e. The molecule has 1 aliphatic carbocycles. The van der Waals surface area contributed by atoms with E-state index in [2.05, 4.69) is 53.8 Å². The molecule has 3 unspecified atom stereocenters. The van der Waals surface area contributed by atoms with E-state index in [0.29, 0.717) is 6.42 Å². The maximum absolute atomic E-state index is 12.2. The highest BCUT2D eigenvalue weighted by atomic mass is 35.5. The molecule has 0 aliphatic heterocycles. The SMILES string of the molecule is C=NC(C)NC1C=CC(C(F)F)=CC1.CCN(CCC(C)N)C/N=C(C)/C(C)=C/CC/C=C/Cl. The van der Waals surface area contributed by atoms with Gasteiger partial charge in [0, 0.05) is 35.4 Å². The molecule has 0 aromatic carbocycles. The van der Waals surface area contributed by atoms with Crippen LogP contribution in [0.2, 0.25) is 0 Å². The zero-order valence-electron chi connectivity index (χ0n) is 21.5. The van der Waals surface area contributed by atoms with Crippen LogP contribution in [0.5, 0.6) is 0 Å². The highest BCUT2D eigenvalue weighted by Crippen LogP contribution is 2.17. The molecule has 0 amide bonds. The van der Waals surface area contributed by atoms with E-state index in [1.807, 2.05) is 19.9 Å². The van der Waals surface area contributed by atoms with E-state index in [9.17, 15) is 8.78 Å². The molecule has 3 N–H and O–H groups in total. The Hall–Kier alpha value is -1.67. The monoisotopic (exact) mass is 499 g/mol. The first-order chi connectivity index (χ1) is 16.1. The Bertz CT molecular complexity index is 714. The molecule has 0 fully saturated rings. The van der Waals surface area contributed by atoms with Crippen LogP contribution in [0.15, 0.2) is 57.0 Å². The van der Waals surface area contributed by atoms with Crippen molar-refractivity contribution in [3.05, 3.63) is 47.1 Å². The van der Waals surface area contributed by atoms with E-state index in [0.717, 1.165) is 44.7 Å². The lowest BCUT2D eigenvalue weighted by molar-refractivity contribution is 0.193. The van der Waals surface area contributed by atoms with Crippen molar-refractivity contribution in [2.45, 2.75) is 85.0 Å². The Balaban J connectivity index is 0.000000679. The molecule has 0 heterocycles. The summed E-state index contributed by atoms with van der Waals surface area (Å²) in [7, 11) is 0. The minimum Gasteiger partial charge on any atom is -0.328 e. The Morgan fingerprint density at radius 1 is 1.35 bits per heavy atom. The van der Waals surface area contributed by atoms with Crippen LogP contribution in [-0.2, 0) is 0 Å². The third-order valence-corrected chi connectivity index (χ3v) is 5.59. The fourth-order valence-electron chi connectivity index (χ4n) is 2.94. The van der Waals surface area contributed by atoms with Gasteiger partial charge >= 0.3 is 0 Å². The number of halogens is 3. The summed E-state index contributed by atoms with van der Waals surface area (Å²) in [5.74, 6) is 0. The molecule has 0 aromatic heterocycles. The van der Waals surface area contributed by atoms with Gasteiger partial charge in [0.15, 0.2) is 0 Å². The summed E-state index contributed by atoms with van der Waals surface area (Å²) in [4.78, 5) is 10.8. The molecular weight excluding hydrogens is 456 g/mol.